The molecule has 0 amide bonds. The molecular weight excluding hydrogens is 1240 g/mol. The fourth-order valence-electron chi connectivity index (χ4n) is 16.3. The zero-order chi connectivity index (χ0) is 73.8. The van der Waals surface area contributed by atoms with E-state index in [0.717, 1.165) is 0 Å². The molecule has 2 spiro atoms. The van der Waals surface area contributed by atoms with Gasteiger partial charge in [0.1, 0.15) is 0 Å². The van der Waals surface area contributed by atoms with Gasteiger partial charge in [-0.2, -0.15) is 0 Å². The van der Waals surface area contributed by atoms with Gasteiger partial charge in [0.05, 0.1) is 21.9 Å². The van der Waals surface area contributed by atoms with Gasteiger partial charge in [0.15, 0.2) is 0 Å². The van der Waals surface area contributed by atoms with Gasteiger partial charge >= 0.3 is 0 Å². The van der Waals surface area contributed by atoms with Crippen LogP contribution in [0.15, 0.2) is 334 Å². The molecule has 103 heavy (non-hydrogen) atoms. The topological polar surface area (TPSA) is 4.93 Å². The minimum absolute atomic E-state index is 0.180. The van der Waals surface area contributed by atoms with Crippen LogP contribution in [-0.4, -0.2) is 4.57 Å². The Morgan fingerprint density at radius 3 is 0.631 bits per heavy atom. The van der Waals surface area contributed by atoms with E-state index in [9.17, 15) is 0 Å². The molecule has 14 aromatic rings. The molecule has 1 aromatic heterocycles. The highest BCUT2D eigenvalue weighted by atomic mass is 15.0. The third-order valence-electron chi connectivity index (χ3n) is 19.8. The summed E-state index contributed by atoms with van der Waals surface area (Å²) >= 11 is 0. The molecule has 526 valence electrons. The molecular formula is C102H113N. The van der Waals surface area contributed by atoms with E-state index in [-0.39, 0.29) is 16.2 Å². The van der Waals surface area contributed by atoms with Crippen LogP contribution >= 0.6 is 0 Å². The van der Waals surface area contributed by atoms with Crippen molar-refractivity contribution < 1.29 is 0 Å². The Bertz CT molecular complexity index is 4190. The molecule has 1 heteroatoms. The molecule has 0 N–H and O–H groups in total. The van der Waals surface area contributed by atoms with Gasteiger partial charge in [0.25, 0.3) is 0 Å². The molecule has 0 saturated heterocycles. The summed E-state index contributed by atoms with van der Waals surface area (Å²) in [6.07, 6.45) is 6.68. The second kappa shape index (κ2) is 38.6. The molecule has 1 saturated carbocycles. The van der Waals surface area contributed by atoms with E-state index >= 15 is 0 Å². The van der Waals surface area contributed by atoms with Gasteiger partial charge < -0.3 is 4.57 Å². The van der Waals surface area contributed by atoms with Crippen molar-refractivity contribution in [2.75, 3.05) is 0 Å². The number of fused-ring (bicyclic) bond motifs is 23. The summed E-state index contributed by atoms with van der Waals surface area (Å²) in [5.41, 5.74) is 28.8. The van der Waals surface area contributed by atoms with Crippen LogP contribution in [0.2, 0.25) is 0 Å². The summed E-state index contributed by atoms with van der Waals surface area (Å²) in [4.78, 5) is 0. The van der Waals surface area contributed by atoms with Crippen LogP contribution in [0.3, 0.4) is 0 Å². The number of para-hydroxylation sites is 3. The van der Waals surface area contributed by atoms with E-state index in [1.165, 1.54) is 160 Å². The molecule has 5 aliphatic rings. The predicted molar refractivity (Wildman–Crippen MR) is 454 cm³/mol. The Labute approximate surface area is 621 Å². The van der Waals surface area contributed by atoms with Gasteiger partial charge in [0.2, 0.25) is 0 Å². The first kappa shape index (κ1) is 78.4. The molecule has 1 nitrogen and oxygen atoms in total. The monoisotopic (exact) mass is 1350 g/mol. The molecule has 0 bridgehead atoms. The minimum Gasteiger partial charge on any atom is -0.309 e. The highest BCUT2D eigenvalue weighted by molar-refractivity contribution is 6.09. The maximum absolute atomic E-state index is 2.32. The second-order valence-electron chi connectivity index (χ2n) is 23.9. The van der Waals surface area contributed by atoms with E-state index in [1.54, 1.807) is 0 Å². The Kier molecular flexibility index (Phi) is 29.4. The van der Waals surface area contributed by atoms with Crippen molar-refractivity contribution in [3.8, 4) is 50.2 Å². The lowest BCUT2D eigenvalue weighted by atomic mass is 9.65. The standard InChI is InChI=1S/2C25H16.C18H13N.C18H20.8C2H6/c2*1-5-13-21-17(9-1)18-10-2-6-14-22(18)25(21)23-15-7-3-11-19(23)20-12-4-8-16-24(20)25;1-2-8-14(9-3-1)19-17-12-6-4-10-15(17)16-11-5-7-13-18(16)19;1-4-10-16(11-5-1)18(14-8-3-9-15-18)17-12-6-2-7-13-17;8*1-2/h2*1-16H;1-13H;1-2,4-7,10-13H,3,8-9,14-15H2;8*1-2H3. The molecule has 0 radical (unpaired) electrons. The molecule has 19 rings (SSSR count). The lowest BCUT2D eigenvalue weighted by Gasteiger charge is -2.38. The third kappa shape index (κ3) is 14.5. The van der Waals surface area contributed by atoms with Crippen LogP contribution in [0.1, 0.15) is 199 Å². The van der Waals surface area contributed by atoms with Crippen LogP contribution < -0.4 is 0 Å². The summed E-state index contributed by atoms with van der Waals surface area (Å²) in [6.45, 7) is 32.0. The first-order chi connectivity index (χ1) is 51.2. The normalized spacial score (nSPS) is 12.9. The van der Waals surface area contributed by atoms with E-state index in [2.05, 4.69) is 338 Å². The minimum atomic E-state index is -0.180. The molecule has 1 heterocycles. The Morgan fingerprint density at radius 1 is 0.194 bits per heavy atom. The molecule has 1 fully saturated rings. The SMILES string of the molecule is CC.CC.CC.CC.CC.CC.CC.CC.c1ccc(-n2c3ccccc3c3ccccc32)cc1.c1ccc(C2(c3ccccc3)CCCCC2)cc1.c1ccc2c(c1)-c1ccccc1C21c2ccccc2-c2ccccc21.c1ccc2c(c1)-c1ccccc1C21c2ccccc2-c2ccccc21. The fourth-order valence-corrected chi connectivity index (χ4v) is 16.3. The van der Waals surface area contributed by atoms with Crippen LogP contribution in [0.25, 0.3) is 72.0 Å². The molecule has 13 aromatic carbocycles. The highest BCUT2D eigenvalue weighted by Gasteiger charge is 2.53. The van der Waals surface area contributed by atoms with Crippen LogP contribution in [0.4, 0.5) is 0 Å². The average molecular weight is 1350 g/mol. The summed E-state index contributed by atoms with van der Waals surface area (Å²) in [5, 5.41) is 2.61. The third-order valence-corrected chi connectivity index (χ3v) is 19.8. The second-order valence-corrected chi connectivity index (χ2v) is 23.9. The van der Waals surface area contributed by atoms with E-state index in [0.29, 0.717) is 0 Å². The Hall–Kier alpha value is -10.3. The quantitative estimate of drug-likeness (QED) is 0.166. The first-order valence-electron chi connectivity index (χ1n) is 39.1. The van der Waals surface area contributed by atoms with Crippen molar-refractivity contribution in [1.29, 1.82) is 0 Å². The molecule has 5 aliphatic carbocycles. The van der Waals surface area contributed by atoms with Crippen molar-refractivity contribution in [3.63, 3.8) is 0 Å². The van der Waals surface area contributed by atoms with Gasteiger partial charge in [-0.05, 0) is 137 Å². The van der Waals surface area contributed by atoms with Crippen molar-refractivity contribution in [2.45, 2.75) is 159 Å². The summed E-state index contributed by atoms with van der Waals surface area (Å²) in [6, 6.07) is 121. The lowest BCUT2D eigenvalue weighted by Crippen LogP contribution is -2.30. The van der Waals surface area contributed by atoms with Gasteiger partial charge in [-0.25, -0.2) is 0 Å². The van der Waals surface area contributed by atoms with Crippen molar-refractivity contribution in [2.24, 2.45) is 0 Å². The maximum Gasteiger partial charge on any atom is 0.0725 e. The first-order valence-corrected chi connectivity index (χ1v) is 39.1. The van der Waals surface area contributed by atoms with Crippen LogP contribution in [-0.2, 0) is 16.2 Å². The van der Waals surface area contributed by atoms with E-state index in [1.807, 2.05) is 111 Å². The van der Waals surface area contributed by atoms with Gasteiger partial charge in [-0.1, -0.05) is 439 Å². The summed E-state index contributed by atoms with van der Waals surface area (Å²) in [5.74, 6) is 0. The number of hydrogen-bond acceptors (Lipinski definition) is 0. The van der Waals surface area contributed by atoms with Gasteiger partial charge in [0, 0.05) is 21.9 Å². The number of nitrogens with zero attached hydrogens (tertiary/aromatic N) is 1. The fraction of sp³-hybridized carbons (Fsp3) is 0.235. The molecule has 0 aliphatic heterocycles. The Balaban J connectivity index is 0.000000164. The lowest BCUT2D eigenvalue weighted by molar-refractivity contribution is 0.346. The maximum atomic E-state index is 2.32. The van der Waals surface area contributed by atoms with Gasteiger partial charge in [-0.15, -0.1) is 0 Å². The summed E-state index contributed by atoms with van der Waals surface area (Å²) < 4.78 is 2.32. The highest BCUT2D eigenvalue weighted by Crippen LogP contribution is 2.64. The average Bonchev–Trinajstić information content (AvgIpc) is 1.52. The van der Waals surface area contributed by atoms with Crippen LogP contribution in [0.5, 0.6) is 0 Å². The smallest absolute Gasteiger partial charge is 0.0725 e. The predicted octanol–water partition coefficient (Wildman–Crippen LogP) is 30.0. The largest absolute Gasteiger partial charge is 0.309 e. The van der Waals surface area contributed by atoms with E-state index in [4.69, 9.17) is 0 Å². The molecule has 0 unspecified atom stereocenters. The zero-order valence-electron chi connectivity index (χ0n) is 64.7. The summed E-state index contributed by atoms with van der Waals surface area (Å²) in [7, 11) is 0. The van der Waals surface area contributed by atoms with Gasteiger partial charge in [-0.3, -0.25) is 0 Å². The Morgan fingerprint density at radius 2 is 0.388 bits per heavy atom. The number of benzene rings is 13. The number of aromatic nitrogens is 1. The number of rotatable bonds is 3. The number of hydrogen-bond donors (Lipinski definition) is 0. The van der Waals surface area contributed by atoms with E-state index < -0.39 is 0 Å². The zero-order valence-corrected chi connectivity index (χ0v) is 64.7. The molecule has 0 atom stereocenters. The van der Waals surface area contributed by atoms with Crippen molar-refractivity contribution in [3.05, 3.63) is 389 Å². The van der Waals surface area contributed by atoms with Crippen molar-refractivity contribution >= 4 is 21.8 Å². The van der Waals surface area contributed by atoms with Crippen LogP contribution in [0, 0.1) is 0 Å². The van der Waals surface area contributed by atoms with Crippen molar-refractivity contribution in [1.82, 2.24) is 4.57 Å².